The van der Waals surface area contributed by atoms with Crippen LogP contribution in [0.25, 0.3) is 0 Å². The van der Waals surface area contributed by atoms with Crippen molar-refractivity contribution in [3.63, 3.8) is 0 Å². The van der Waals surface area contributed by atoms with Gasteiger partial charge in [-0.15, -0.1) is 24.8 Å². The lowest BCUT2D eigenvalue weighted by Gasteiger charge is -2.50. The summed E-state index contributed by atoms with van der Waals surface area (Å²) in [5.74, 6) is 2.23. The minimum absolute atomic E-state index is 0. The Morgan fingerprint density at radius 1 is 1.05 bits per heavy atom. The Hall–Kier alpha value is -0.640. The lowest BCUT2D eigenvalue weighted by Crippen LogP contribution is -2.64. The van der Waals surface area contributed by atoms with E-state index in [9.17, 15) is 0 Å². The fourth-order valence-corrected chi connectivity index (χ4v) is 3.76. The van der Waals surface area contributed by atoms with Crippen molar-refractivity contribution in [3.8, 4) is 5.75 Å². The number of hydrogen-bond acceptors (Lipinski definition) is 3. The number of piperidine rings is 1. The van der Waals surface area contributed by atoms with Crippen LogP contribution in [0.5, 0.6) is 5.75 Å². The highest BCUT2D eigenvalue weighted by Crippen LogP contribution is 2.49. The number of anilines is 1. The molecule has 3 nitrogen and oxygen atoms in total. The molecule has 2 aliphatic heterocycles. The van der Waals surface area contributed by atoms with Crippen LogP contribution in [-0.4, -0.2) is 18.8 Å². The molecule has 1 aliphatic carbocycles. The molecule has 1 spiro atoms. The second-order valence-electron chi connectivity index (χ2n) is 5.50. The highest BCUT2D eigenvalue weighted by atomic mass is 35.5. The largest absolute Gasteiger partial charge is 0.465 e. The van der Waals surface area contributed by atoms with E-state index in [1.807, 2.05) is 0 Å². The molecule has 19 heavy (non-hydrogen) atoms. The summed E-state index contributed by atoms with van der Waals surface area (Å²) in [6.07, 6.45) is 3.88. The van der Waals surface area contributed by atoms with Crippen LogP contribution in [0.3, 0.4) is 0 Å². The van der Waals surface area contributed by atoms with Crippen LogP contribution >= 0.6 is 24.8 Å². The molecule has 4 rings (SSSR count). The number of rotatable bonds is 0. The van der Waals surface area contributed by atoms with E-state index >= 15 is 0 Å². The van der Waals surface area contributed by atoms with Gasteiger partial charge in [0.1, 0.15) is 5.75 Å². The van der Waals surface area contributed by atoms with Crippen LogP contribution in [0.4, 0.5) is 5.69 Å². The van der Waals surface area contributed by atoms with E-state index in [1.54, 1.807) is 0 Å². The number of ether oxygens (including phenoxy) is 1. The number of benzene rings is 1. The van der Waals surface area contributed by atoms with Gasteiger partial charge in [-0.25, -0.2) is 0 Å². The summed E-state index contributed by atoms with van der Waals surface area (Å²) in [5.41, 5.74) is 1.05. The third-order valence-corrected chi connectivity index (χ3v) is 4.60. The maximum absolute atomic E-state index is 6.35. The molecule has 0 radical (unpaired) electrons. The number of hydrogen-bond donors (Lipinski definition) is 2. The van der Waals surface area contributed by atoms with Gasteiger partial charge in [0.15, 0.2) is 5.72 Å². The van der Waals surface area contributed by atoms with Crippen molar-refractivity contribution in [1.82, 2.24) is 5.32 Å². The van der Waals surface area contributed by atoms with Gasteiger partial charge < -0.3 is 15.4 Å². The fraction of sp³-hybridized carbons (Fsp3) is 0.571. The van der Waals surface area contributed by atoms with Crippen molar-refractivity contribution in [2.75, 3.05) is 18.4 Å². The molecule has 1 saturated heterocycles. The Kier molecular flexibility index (Phi) is 4.19. The standard InChI is InChI=1S/C14H18N2O.2ClH/c1-2-7-13-12(6-1)16-14(17-13)10-4-3-5-11(14)9-15-8-10;;/h1-2,6-7,10-11,15-16H,3-5,8-9H2;2*1H. The summed E-state index contributed by atoms with van der Waals surface area (Å²) in [4.78, 5) is 0. The van der Waals surface area contributed by atoms with Crippen LogP contribution in [0, 0.1) is 11.8 Å². The molecule has 0 aromatic heterocycles. The highest BCUT2D eigenvalue weighted by Gasteiger charge is 2.54. The van der Waals surface area contributed by atoms with Crippen LogP contribution in [0.1, 0.15) is 19.3 Å². The topological polar surface area (TPSA) is 33.3 Å². The minimum Gasteiger partial charge on any atom is -0.465 e. The SMILES string of the molecule is Cl.Cl.c1ccc2c(c1)NC1(O2)C2CCCC1CNC2. The first-order chi connectivity index (χ1) is 8.38. The maximum atomic E-state index is 6.35. The highest BCUT2D eigenvalue weighted by molar-refractivity contribution is 5.85. The Labute approximate surface area is 126 Å². The molecular weight excluding hydrogens is 283 g/mol. The Morgan fingerprint density at radius 3 is 2.42 bits per heavy atom. The van der Waals surface area contributed by atoms with Gasteiger partial charge in [0.05, 0.1) is 5.69 Å². The minimum atomic E-state index is -0.118. The molecule has 106 valence electrons. The van der Waals surface area contributed by atoms with Gasteiger partial charge in [-0.05, 0) is 25.0 Å². The van der Waals surface area contributed by atoms with Gasteiger partial charge >= 0.3 is 0 Å². The number of para-hydroxylation sites is 2. The molecule has 1 saturated carbocycles. The Morgan fingerprint density at radius 2 is 1.74 bits per heavy atom. The monoisotopic (exact) mass is 302 g/mol. The lowest BCUT2D eigenvalue weighted by molar-refractivity contribution is -0.0550. The second kappa shape index (κ2) is 5.39. The van der Waals surface area contributed by atoms with Crippen molar-refractivity contribution in [2.24, 2.45) is 11.8 Å². The molecule has 1 aromatic rings. The molecule has 2 unspecified atom stereocenters. The van der Waals surface area contributed by atoms with E-state index in [4.69, 9.17) is 4.74 Å². The zero-order valence-corrected chi connectivity index (χ0v) is 12.4. The summed E-state index contributed by atoms with van der Waals surface area (Å²) >= 11 is 0. The van der Waals surface area contributed by atoms with E-state index in [1.165, 1.54) is 24.9 Å². The van der Waals surface area contributed by atoms with Crippen LogP contribution in [0.15, 0.2) is 24.3 Å². The average Bonchev–Trinajstić information content (AvgIpc) is 2.67. The molecule has 5 heteroatoms. The van der Waals surface area contributed by atoms with Crippen molar-refractivity contribution < 1.29 is 4.74 Å². The third-order valence-electron chi connectivity index (χ3n) is 4.60. The summed E-state index contributed by atoms with van der Waals surface area (Å²) in [7, 11) is 0. The summed E-state index contributed by atoms with van der Waals surface area (Å²) in [6, 6.07) is 8.33. The first kappa shape index (κ1) is 14.8. The zero-order chi connectivity index (χ0) is 11.3. The predicted octanol–water partition coefficient (Wildman–Crippen LogP) is 3.05. The normalized spacial score (nSPS) is 34.3. The van der Waals surface area contributed by atoms with Crippen LogP contribution < -0.4 is 15.4 Å². The van der Waals surface area contributed by atoms with Crippen molar-refractivity contribution >= 4 is 30.5 Å². The van der Waals surface area contributed by atoms with E-state index in [2.05, 4.69) is 34.9 Å². The van der Waals surface area contributed by atoms with Crippen molar-refractivity contribution in [3.05, 3.63) is 24.3 Å². The summed E-state index contributed by atoms with van der Waals surface area (Å²) in [6.45, 7) is 2.16. The van der Waals surface area contributed by atoms with Gasteiger partial charge in [0.25, 0.3) is 0 Å². The lowest BCUT2D eigenvalue weighted by atomic mass is 9.71. The van der Waals surface area contributed by atoms with Crippen LogP contribution in [-0.2, 0) is 0 Å². The summed E-state index contributed by atoms with van der Waals surface area (Å²) < 4.78 is 6.35. The van der Waals surface area contributed by atoms with E-state index in [0.717, 1.165) is 18.8 Å². The van der Waals surface area contributed by atoms with E-state index < -0.39 is 0 Å². The smallest absolute Gasteiger partial charge is 0.188 e. The fourth-order valence-electron chi connectivity index (χ4n) is 3.76. The Bertz CT molecular complexity index is 406. The van der Waals surface area contributed by atoms with E-state index in [-0.39, 0.29) is 30.5 Å². The first-order valence-electron chi connectivity index (χ1n) is 6.65. The number of nitrogens with one attached hydrogen (secondary N) is 2. The first-order valence-corrected chi connectivity index (χ1v) is 6.65. The molecule has 2 atom stereocenters. The molecule has 2 bridgehead atoms. The number of fused-ring (bicyclic) bond motifs is 1. The van der Waals surface area contributed by atoms with Gasteiger partial charge in [0, 0.05) is 24.9 Å². The summed E-state index contributed by atoms with van der Waals surface area (Å²) in [5, 5.41) is 7.23. The maximum Gasteiger partial charge on any atom is 0.188 e. The average molecular weight is 303 g/mol. The number of halogens is 2. The van der Waals surface area contributed by atoms with Gasteiger partial charge in [-0.1, -0.05) is 18.6 Å². The third kappa shape index (κ3) is 2.08. The Balaban J connectivity index is 0.000000667. The van der Waals surface area contributed by atoms with Gasteiger partial charge in [0.2, 0.25) is 0 Å². The quantitative estimate of drug-likeness (QED) is 0.773. The molecule has 3 aliphatic rings. The molecule has 1 aromatic carbocycles. The molecule has 0 amide bonds. The predicted molar refractivity (Wildman–Crippen MR) is 81.6 cm³/mol. The molecular formula is C14H20Cl2N2O. The molecule has 2 heterocycles. The van der Waals surface area contributed by atoms with Gasteiger partial charge in [-0.2, -0.15) is 0 Å². The van der Waals surface area contributed by atoms with Gasteiger partial charge in [-0.3, -0.25) is 0 Å². The molecule has 2 fully saturated rings. The van der Waals surface area contributed by atoms with Crippen LogP contribution in [0.2, 0.25) is 0 Å². The molecule has 2 N–H and O–H groups in total. The van der Waals surface area contributed by atoms with Crippen molar-refractivity contribution in [1.29, 1.82) is 0 Å². The second-order valence-corrected chi connectivity index (χ2v) is 5.50. The van der Waals surface area contributed by atoms with E-state index in [0.29, 0.717) is 11.8 Å². The van der Waals surface area contributed by atoms with Crippen molar-refractivity contribution in [2.45, 2.75) is 25.0 Å². The zero-order valence-electron chi connectivity index (χ0n) is 10.7.